The van der Waals surface area contributed by atoms with Crippen molar-refractivity contribution in [2.45, 2.75) is 33.1 Å². The highest BCUT2D eigenvalue weighted by Crippen LogP contribution is 2.21. The van der Waals surface area contributed by atoms with E-state index in [1.807, 2.05) is 38.1 Å². The summed E-state index contributed by atoms with van der Waals surface area (Å²) in [6.45, 7) is 7.40. The number of carbonyl (C=O) groups excluding carboxylic acids is 1. The lowest BCUT2D eigenvalue weighted by Crippen LogP contribution is -2.21. The highest BCUT2D eigenvalue weighted by molar-refractivity contribution is 7.13. The monoisotopic (exact) mass is 329 g/mol. The van der Waals surface area contributed by atoms with Crippen molar-refractivity contribution < 1.29 is 4.79 Å². The summed E-state index contributed by atoms with van der Waals surface area (Å²) >= 11 is 1.52. The van der Waals surface area contributed by atoms with Gasteiger partial charge in [-0.25, -0.2) is 4.98 Å². The summed E-state index contributed by atoms with van der Waals surface area (Å²) in [5.74, 6) is -0.0590. The van der Waals surface area contributed by atoms with E-state index in [1.54, 1.807) is 0 Å². The zero-order chi connectivity index (χ0) is 16.2. The summed E-state index contributed by atoms with van der Waals surface area (Å²) in [5.41, 5.74) is 2.84. The van der Waals surface area contributed by atoms with Crippen LogP contribution in [0.3, 0.4) is 0 Å². The summed E-state index contributed by atoms with van der Waals surface area (Å²) in [6.07, 6.45) is 3.55. The van der Waals surface area contributed by atoms with Crippen molar-refractivity contribution in [2.75, 3.05) is 25.0 Å². The third-order valence-electron chi connectivity index (χ3n) is 4.20. The molecule has 0 bridgehead atoms. The molecule has 0 unspecified atom stereocenters. The van der Waals surface area contributed by atoms with Crippen molar-refractivity contribution in [1.82, 2.24) is 9.88 Å². The van der Waals surface area contributed by atoms with Crippen LogP contribution in [-0.4, -0.2) is 35.4 Å². The van der Waals surface area contributed by atoms with Gasteiger partial charge in [-0.05, 0) is 51.9 Å². The maximum atomic E-state index is 12.4. The van der Waals surface area contributed by atoms with Crippen molar-refractivity contribution in [3.05, 3.63) is 45.4 Å². The number of nitrogens with zero attached hydrogens (tertiary/aromatic N) is 2. The molecule has 1 aliphatic heterocycles. The van der Waals surface area contributed by atoms with Gasteiger partial charge in [-0.15, -0.1) is 11.3 Å². The molecule has 0 radical (unpaired) electrons. The topological polar surface area (TPSA) is 45.2 Å². The van der Waals surface area contributed by atoms with Gasteiger partial charge in [0.15, 0.2) is 0 Å². The van der Waals surface area contributed by atoms with E-state index in [0.29, 0.717) is 0 Å². The standard InChI is InChI=1S/C18H23N3OS/c1-13-5-7-15(8-6-13)20-18(22)17-14(2)19-16(23-17)9-12-21-10-3-4-11-21/h5-8H,3-4,9-12H2,1-2H3,(H,20,22). The molecule has 1 amide bonds. The molecule has 3 rings (SSSR count). The minimum atomic E-state index is -0.0590. The summed E-state index contributed by atoms with van der Waals surface area (Å²) in [4.78, 5) is 20.2. The van der Waals surface area contributed by atoms with Crippen LogP contribution in [0.25, 0.3) is 0 Å². The normalized spacial score (nSPS) is 15.0. The van der Waals surface area contributed by atoms with Crippen LogP contribution in [0, 0.1) is 13.8 Å². The van der Waals surface area contributed by atoms with Gasteiger partial charge in [-0.2, -0.15) is 0 Å². The largest absolute Gasteiger partial charge is 0.321 e. The number of aryl methyl sites for hydroxylation is 2. The fourth-order valence-corrected chi connectivity index (χ4v) is 3.80. The van der Waals surface area contributed by atoms with Gasteiger partial charge >= 0.3 is 0 Å². The Labute approximate surface area is 141 Å². The van der Waals surface area contributed by atoms with E-state index in [-0.39, 0.29) is 5.91 Å². The number of aromatic nitrogens is 1. The number of likely N-dealkylation sites (tertiary alicyclic amines) is 1. The van der Waals surface area contributed by atoms with E-state index >= 15 is 0 Å². The van der Waals surface area contributed by atoms with Crippen LogP contribution in [-0.2, 0) is 6.42 Å². The first-order chi connectivity index (χ1) is 11.1. The van der Waals surface area contributed by atoms with Gasteiger partial charge in [0, 0.05) is 18.7 Å². The van der Waals surface area contributed by atoms with Crippen molar-refractivity contribution in [2.24, 2.45) is 0 Å². The quantitative estimate of drug-likeness (QED) is 0.911. The zero-order valence-corrected chi connectivity index (χ0v) is 14.6. The average Bonchev–Trinajstić information content (AvgIpc) is 3.17. The van der Waals surface area contributed by atoms with E-state index in [0.717, 1.165) is 34.2 Å². The van der Waals surface area contributed by atoms with Crippen molar-refractivity contribution in [3.63, 3.8) is 0 Å². The third kappa shape index (κ3) is 4.18. The Morgan fingerprint density at radius 2 is 1.91 bits per heavy atom. The molecular weight excluding hydrogens is 306 g/mol. The molecule has 1 aliphatic rings. The Kier molecular flexibility index (Phi) is 5.08. The molecular formula is C18H23N3OS. The lowest BCUT2D eigenvalue weighted by molar-refractivity contribution is 0.103. The summed E-state index contributed by atoms with van der Waals surface area (Å²) in [5, 5.41) is 4.02. The maximum absolute atomic E-state index is 12.4. The Hall–Kier alpha value is -1.72. The molecule has 0 saturated carbocycles. The highest BCUT2D eigenvalue weighted by atomic mass is 32.1. The Balaban J connectivity index is 1.62. The van der Waals surface area contributed by atoms with Gasteiger partial charge in [0.2, 0.25) is 0 Å². The predicted molar refractivity (Wildman–Crippen MR) is 95.4 cm³/mol. The molecule has 2 heterocycles. The van der Waals surface area contributed by atoms with Crippen LogP contribution < -0.4 is 5.32 Å². The first-order valence-corrected chi connectivity index (χ1v) is 9.00. The van der Waals surface area contributed by atoms with Crippen molar-refractivity contribution in [3.8, 4) is 0 Å². The maximum Gasteiger partial charge on any atom is 0.267 e. The molecule has 122 valence electrons. The minimum Gasteiger partial charge on any atom is -0.321 e. The SMILES string of the molecule is Cc1ccc(NC(=O)c2sc(CCN3CCCC3)nc2C)cc1. The smallest absolute Gasteiger partial charge is 0.267 e. The highest BCUT2D eigenvalue weighted by Gasteiger charge is 2.17. The molecule has 1 aromatic carbocycles. The van der Waals surface area contributed by atoms with Gasteiger partial charge in [0.05, 0.1) is 10.7 Å². The summed E-state index contributed by atoms with van der Waals surface area (Å²) in [7, 11) is 0. The average molecular weight is 329 g/mol. The number of carbonyl (C=O) groups is 1. The Morgan fingerprint density at radius 1 is 1.22 bits per heavy atom. The molecule has 1 fully saturated rings. The first kappa shape index (κ1) is 16.1. The second kappa shape index (κ2) is 7.23. The van der Waals surface area contributed by atoms with Gasteiger partial charge in [0.25, 0.3) is 5.91 Å². The fourth-order valence-electron chi connectivity index (χ4n) is 2.85. The summed E-state index contributed by atoms with van der Waals surface area (Å²) < 4.78 is 0. The molecule has 1 aromatic heterocycles. The van der Waals surface area contributed by atoms with Crippen molar-refractivity contribution in [1.29, 1.82) is 0 Å². The molecule has 4 nitrogen and oxygen atoms in total. The number of amides is 1. The number of hydrogen-bond acceptors (Lipinski definition) is 4. The molecule has 5 heteroatoms. The third-order valence-corrected chi connectivity index (χ3v) is 5.41. The van der Waals surface area contributed by atoms with Crippen LogP contribution in [0.5, 0.6) is 0 Å². The van der Waals surface area contributed by atoms with Gasteiger partial charge < -0.3 is 10.2 Å². The van der Waals surface area contributed by atoms with E-state index < -0.39 is 0 Å². The van der Waals surface area contributed by atoms with Crippen LogP contribution >= 0.6 is 11.3 Å². The number of benzene rings is 1. The number of rotatable bonds is 5. The molecule has 1 saturated heterocycles. The number of nitrogens with one attached hydrogen (secondary N) is 1. The fraction of sp³-hybridized carbons (Fsp3) is 0.444. The van der Waals surface area contributed by atoms with Crippen LogP contribution in [0.1, 0.15) is 38.8 Å². The molecule has 23 heavy (non-hydrogen) atoms. The molecule has 2 aromatic rings. The Bertz CT molecular complexity index is 672. The van der Waals surface area contributed by atoms with Crippen molar-refractivity contribution >= 4 is 22.9 Å². The van der Waals surface area contributed by atoms with Crippen LogP contribution in [0.4, 0.5) is 5.69 Å². The van der Waals surface area contributed by atoms with Gasteiger partial charge in [-0.3, -0.25) is 4.79 Å². The Morgan fingerprint density at radius 3 is 2.61 bits per heavy atom. The number of anilines is 1. The molecule has 0 atom stereocenters. The number of hydrogen-bond donors (Lipinski definition) is 1. The van der Waals surface area contributed by atoms with Crippen LogP contribution in [0.15, 0.2) is 24.3 Å². The second-order valence-corrected chi connectivity index (χ2v) is 7.22. The van der Waals surface area contributed by atoms with Gasteiger partial charge in [-0.1, -0.05) is 17.7 Å². The minimum absolute atomic E-state index is 0.0590. The lowest BCUT2D eigenvalue weighted by atomic mass is 10.2. The zero-order valence-electron chi connectivity index (χ0n) is 13.8. The lowest BCUT2D eigenvalue weighted by Gasteiger charge is -2.12. The van der Waals surface area contributed by atoms with E-state index in [2.05, 4.69) is 15.2 Å². The molecule has 0 spiro atoms. The number of thiazole rings is 1. The first-order valence-electron chi connectivity index (χ1n) is 8.18. The van der Waals surface area contributed by atoms with E-state index in [9.17, 15) is 4.79 Å². The van der Waals surface area contributed by atoms with Crippen LogP contribution in [0.2, 0.25) is 0 Å². The summed E-state index contributed by atoms with van der Waals surface area (Å²) in [6, 6.07) is 7.85. The molecule has 1 N–H and O–H groups in total. The van der Waals surface area contributed by atoms with E-state index in [4.69, 9.17) is 0 Å². The van der Waals surface area contributed by atoms with Gasteiger partial charge in [0.1, 0.15) is 4.88 Å². The van der Waals surface area contributed by atoms with E-state index in [1.165, 1.54) is 42.8 Å². The predicted octanol–water partition coefficient (Wildman–Crippen LogP) is 3.65. The molecule has 0 aliphatic carbocycles. The second-order valence-electron chi connectivity index (χ2n) is 6.14.